The fraction of sp³-hybridized carbons (Fsp3) is 0.667. The summed E-state index contributed by atoms with van der Waals surface area (Å²) >= 11 is 0. The van der Waals surface area contributed by atoms with Crippen molar-refractivity contribution in [3.8, 4) is 0 Å². The molecule has 3 N–H and O–H groups in total. The number of nitrogens with one attached hydrogen (secondary N) is 3. The van der Waals surface area contributed by atoms with Crippen molar-refractivity contribution < 1.29 is 9.59 Å². The van der Waals surface area contributed by atoms with Crippen LogP contribution in [0.4, 0.5) is 16.2 Å². The van der Waals surface area contributed by atoms with Crippen LogP contribution in [0.3, 0.4) is 0 Å². The molecule has 1 aliphatic heterocycles. The molecule has 0 unspecified atom stereocenters. The van der Waals surface area contributed by atoms with Crippen LogP contribution in [0.25, 0.3) is 0 Å². The summed E-state index contributed by atoms with van der Waals surface area (Å²) in [6.07, 6.45) is 4.23. The van der Waals surface area contributed by atoms with E-state index in [1.165, 1.54) is 0 Å². The molecule has 7 nitrogen and oxygen atoms in total. The molecular formula is C24H41N5O2. The molecule has 0 atom stereocenters. The first kappa shape index (κ1) is 25.0. The number of anilines is 2. The Morgan fingerprint density at radius 2 is 1.77 bits per heavy atom. The summed E-state index contributed by atoms with van der Waals surface area (Å²) in [5, 5.41) is 8.80. The molecule has 0 spiro atoms. The SMILES string of the molecule is CCCCNC(=O)Nc1ccc(N2CCC(C)CC2)c(C(=O)NCCN(CC)CC)c1. The van der Waals surface area contributed by atoms with Gasteiger partial charge >= 0.3 is 6.03 Å². The Balaban J connectivity index is 2.13. The van der Waals surface area contributed by atoms with Gasteiger partial charge in [-0.1, -0.05) is 34.1 Å². The number of amides is 3. The van der Waals surface area contributed by atoms with E-state index < -0.39 is 0 Å². The van der Waals surface area contributed by atoms with Crippen LogP contribution in [-0.2, 0) is 0 Å². The lowest BCUT2D eigenvalue weighted by atomic mass is 9.98. The highest BCUT2D eigenvalue weighted by molar-refractivity contribution is 6.02. The molecule has 2 rings (SSSR count). The molecule has 7 heteroatoms. The Morgan fingerprint density at radius 1 is 1.06 bits per heavy atom. The van der Waals surface area contributed by atoms with Gasteiger partial charge in [0, 0.05) is 44.1 Å². The van der Waals surface area contributed by atoms with Crippen molar-refractivity contribution >= 4 is 23.3 Å². The van der Waals surface area contributed by atoms with Gasteiger partial charge in [0.1, 0.15) is 0 Å². The highest BCUT2D eigenvalue weighted by Gasteiger charge is 2.22. The third-order valence-corrected chi connectivity index (χ3v) is 6.05. The summed E-state index contributed by atoms with van der Waals surface area (Å²) in [5.41, 5.74) is 2.21. The van der Waals surface area contributed by atoms with Gasteiger partial charge in [-0.2, -0.15) is 0 Å². The van der Waals surface area contributed by atoms with E-state index in [4.69, 9.17) is 0 Å². The molecule has 1 aromatic carbocycles. The van der Waals surface area contributed by atoms with Gasteiger partial charge in [0.15, 0.2) is 0 Å². The van der Waals surface area contributed by atoms with E-state index in [1.54, 1.807) is 6.07 Å². The summed E-state index contributed by atoms with van der Waals surface area (Å²) in [7, 11) is 0. The third-order valence-electron chi connectivity index (χ3n) is 6.05. The third kappa shape index (κ3) is 8.05. The Bertz CT molecular complexity index is 697. The maximum Gasteiger partial charge on any atom is 0.319 e. The second-order valence-electron chi connectivity index (χ2n) is 8.42. The Kier molecular flexibility index (Phi) is 10.6. The van der Waals surface area contributed by atoms with Crippen molar-refractivity contribution in [1.29, 1.82) is 0 Å². The maximum absolute atomic E-state index is 13.1. The normalized spacial score (nSPS) is 14.5. The first-order valence-corrected chi connectivity index (χ1v) is 11.9. The van der Waals surface area contributed by atoms with Crippen LogP contribution >= 0.6 is 0 Å². The molecule has 1 heterocycles. The van der Waals surface area contributed by atoms with Crippen LogP contribution in [0.1, 0.15) is 63.7 Å². The predicted molar refractivity (Wildman–Crippen MR) is 129 cm³/mol. The quantitative estimate of drug-likeness (QED) is 0.464. The van der Waals surface area contributed by atoms with E-state index in [1.807, 2.05) is 12.1 Å². The van der Waals surface area contributed by atoms with Crippen molar-refractivity contribution in [3.05, 3.63) is 23.8 Å². The summed E-state index contributed by atoms with van der Waals surface area (Å²) in [5.74, 6) is 0.631. The average molecular weight is 432 g/mol. The number of nitrogens with zero attached hydrogens (tertiary/aromatic N) is 2. The van der Waals surface area contributed by atoms with Gasteiger partial charge < -0.3 is 25.8 Å². The Labute approximate surface area is 187 Å². The number of carbonyl (C=O) groups is 2. The number of hydrogen-bond acceptors (Lipinski definition) is 4. The van der Waals surface area contributed by atoms with Crippen LogP contribution in [0, 0.1) is 5.92 Å². The topological polar surface area (TPSA) is 76.7 Å². The smallest absolute Gasteiger partial charge is 0.319 e. The highest BCUT2D eigenvalue weighted by atomic mass is 16.2. The Hall–Kier alpha value is -2.28. The van der Waals surface area contributed by atoms with Crippen LogP contribution < -0.4 is 20.9 Å². The predicted octanol–water partition coefficient (Wildman–Crippen LogP) is 3.92. The number of rotatable bonds is 11. The molecule has 1 saturated heterocycles. The average Bonchev–Trinajstić information content (AvgIpc) is 2.77. The number of unbranched alkanes of at least 4 members (excludes halogenated alkanes) is 1. The van der Waals surface area contributed by atoms with Crippen molar-refractivity contribution in [2.75, 3.05) is 56.0 Å². The van der Waals surface area contributed by atoms with Crippen LogP contribution in [0.2, 0.25) is 0 Å². The van der Waals surface area contributed by atoms with E-state index in [0.717, 1.165) is 70.0 Å². The number of piperidine rings is 1. The number of likely N-dealkylation sites (N-methyl/N-ethyl adjacent to an activating group) is 1. The molecule has 0 radical (unpaired) electrons. The Morgan fingerprint density at radius 3 is 2.42 bits per heavy atom. The second kappa shape index (κ2) is 13.2. The minimum absolute atomic E-state index is 0.0872. The molecule has 31 heavy (non-hydrogen) atoms. The van der Waals surface area contributed by atoms with Gasteiger partial charge in [-0.3, -0.25) is 4.79 Å². The highest BCUT2D eigenvalue weighted by Crippen LogP contribution is 2.28. The van der Waals surface area contributed by atoms with Crippen molar-refractivity contribution in [1.82, 2.24) is 15.5 Å². The van der Waals surface area contributed by atoms with Gasteiger partial charge in [0.25, 0.3) is 5.91 Å². The maximum atomic E-state index is 13.1. The number of hydrogen-bond donors (Lipinski definition) is 3. The van der Waals surface area contributed by atoms with Gasteiger partial charge in [-0.25, -0.2) is 4.79 Å². The lowest BCUT2D eigenvalue weighted by Crippen LogP contribution is -2.37. The second-order valence-corrected chi connectivity index (χ2v) is 8.42. The first-order valence-electron chi connectivity index (χ1n) is 11.9. The van der Waals surface area contributed by atoms with E-state index in [2.05, 4.69) is 53.4 Å². The zero-order chi connectivity index (χ0) is 22.6. The first-order chi connectivity index (χ1) is 15.0. The fourth-order valence-corrected chi connectivity index (χ4v) is 3.84. The van der Waals surface area contributed by atoms with E-state index in [-0.39, 0.29) is 11.9 Å². The fourth-order valence-electron chi connectivity index (χ4n) is 3.84. The zero-order valence-corrected chi connectivity index (χ0v) is 19.8. The van der Waals surface area contributed by atoms with E-state index in [0.29, 0.717) is 24.3 Å². The lowest BCUT2D eigenvalue weighted by Gasteiger charge is -2.33. The molecule has 0 aromatic heterocycles. The summed E-state index contributed by atoms with van der Waals surface area (Å²) in [6.45, 7) is 14.5. The van der Waals surface area contributed by atoms with Crippen molar-refractivity contribution in [3.63, 3.8) is 0 Å². The standard InChI is InChI=1S/C24H41N5O2/c1-5-8-13-26-24(31)27-20-9-10-22(29-15-11-19(4)12-16-29)21(18-20)23(30)25-14-17-28(6-2)7-3/h9-10,18-19H,5-8,11-17H2,1-4H3,(H,25,30)(H2,26,27,31). The minimum atomic E-state index is -0.235. The van der Waals surface area contributed by atoms with Crippen LogP contribution in [0.5, 0.6) is 0 Å². The molecule has 1 fully saturated rings. The monoisotopic (exact) mass is 431 g/mol. The molecule has 3 amide bonds. The van der Waals surface area contributed by atoms with Gasteiger partial charge in [-0.15, -0.1) is 0 Å². The molecule has 0 aliphatic carbocycles. The molecule has 0 saturated carbocycles. The molecule has 1 aromatic rings. The number of benzene rings is 1. The summed E-state index contributed by atoms with van der Waals surface area (Å²) in [4.78, 5) is 29.8. The van der Waals surface area contributed by atoms with Gasteiger partial charge in [0.05, 0.1) is 5.56 Å². The van der Waals surface area contributed by atoms with E-state index in [9.17, 15) is 9.59 Å². The molecular weight excluding hydrogens is 390 g/mol. The molecule has 0 bridgehead atoms. The van der Waals surface area contributed by atoms with Crippen LogP contribution in [-0.4, -0.2) is 62.7 Å². The molecule has 1 aliphatic rings. The number of carbonyl (C=O) groups excluding carboxylic acids is 2. The van der Waals surface area contributed by atoms with Crippen LogP contribution in [0.15, 0.2) is 18.2 Å². The summed E-state index contributed by atoms with van der Waals surface area (Å²) < 4.78 is 0. The van der Waals surface area contributed by atoms with E-state index >= 15 is 0 Å². The van der Waals surface area contributed by atoms with Gasteiger partial charge in [0.2, 0.25) is 0 Å². The number of urea groups is 1. The van der Waals surface area contributed by atoms with Gasteiger partial charge in [-0.05, 0) is 56.5 Å². The molecule has 174 valence electrons. The summed E-state index contributed by atoms with van der Waals surface area (Å²) in [6, 6.07) is 5.43. The van der Waals surface area contributed by atoms with Crippen molar-refractivity contribution in [2.45, 2.75) is 53.4 Å². The zero-order valence-electron chi connectivity index (χ0n) is 19.8. The largest absolute Gasteiger partial charge is 0.371 e. The minimum Gasteiger partial charge on any atom is -0.371 e. The lowest BCUT2D eigenvalue weighted by molar-refractivity contribution is 0.0949. The van der Waals surface area contributed by atoms with Crippen molar-refractivity contribution in [2.24, 2.45) is 5.92 Å².